The summed E-state index contributed by atoms with van der Waals surface area (Å²) >= 11 is 0. The number of carbonyl (C=O) groups excluding carboxylic acids is 4. The molecule has 0 rings (SSSR count). The van der Waals surface area contributed by atoms with Crippen LogP contribution in [0.2, 0.25) is 0 Å². The summed E-state index contributed by atoms with van der Waals surface area (Å²) in [6.07, 6.45) is 90.8. The molecule has 106 heavy (non-hydrogen) atoms. The second-order valence-electron chi connectivity index (χ2n) is 26.6. The lowest BCUT2D eigenvalue weighted by Crippen LogP contribution is -2.30. The van der Waals surface area contributed by atoms with Gasteiger partial charge in [0, 0.05) is 25.7 Å². The van der Waals surface area contributed by atoms with Gasteiger partial charge in [0.05, 0.1) is 26.4 Å². The minimum atomic E-state index is -5.00. The predicted molar refractivity (Wildman–Crippen MR) is 436 cm³/mol. The molecule has 0 saturated carbocycles. The van der Waals surface area contributed by atoms with Gasteiger partial charge in [-0.25, -0.2) is 9.13 Å². The molecule has 5 atom stereocenters. The minimum Gasteiger partial charge on any atom is -0.462 e. The topological polar surface area (TPSA) is 237 Å². The van der Waals surface area contributed by atoms with Gasteiger partial charge in [-0.3, -0.25) is 37.3 Å². The van der Waals surface area contributed by atoms with Crippen LogP contribution in [0.15, 0.2) is 158 Å². The first kappa shape index (κ1) is 101. The fourth-order valence-corrected chi connectivity index (χ4v) is 12.0. The normalized spacial score (nSPS) is 14.7. The zero-order valence-electron chi connectivity index (χ0n) is 66.1. The van der Waals surface area contributed by atoms with Crippen LogP contribution in [0.5, 0.6) is 0 Å². The maximum absolute atomic E-state index is 13.1. The monoisotopic (exact) mass is 1520 g/mol. The van der Waals surface area contributed by atoms with Gasteiger partial charge < -0.3 is 33.8 Å². The number of aliphatic hydroxyl groups excluding tert-OH is 1. The van der Waals surface area contributed by atoms with Crippen LogP contribution in [0.25, 0.3) is 0 Å². The number of rotatable bonds is 75. The summed E-state index contributed by atoms with van der Waals surface area (Å²) in [6, 6.07) is 0. The first-order chi connectivity index (χ1) is 51.7. The summed E-state index contributed by atoms with van der Waals surface area (Å²) in [5, 5.41) is 10.7. The molecular weight excluding hydrogens is 1380 g/mol. The van der Waals surface area contributed by atoms with Crippen LogP contribution in [0.3, 0.4) is 0 Å². The molecule has 604 valence electrons. The molecule has 0 spiro atoms. The number of phosphoric acid groups is 2. The average Bonchev–Trinajstić information content (AvgIpc) is 0.900. The van der Waals surface area contributed by atoms with Gasteiger partial charge in [0.25, 0.3) is 0 Å². The van der Waals surface area contributed by atoms with Crippen molar-refractivity contribution in [2.75, 3.05) is 39.6 Å². The number of aliphatic hydroxyl groups is 1. The summed E-state index contributed by atoms with van der Waals surface area (Å²) in [7, 11) is -9.99. The highest BCUT2D eigenvalue weighted by molar-refractivity contribution is 7.47. The highest BCUT2D eigenvalue weighted by Gasteiger charge is 2.30. The van der Waals surface area contributed by atoms with Crippen LogP contribution in [0, 0.1) is 0 Å². The van der Waals surface area contributed by atoms with E-state index in [0.29, 0.717) is 32.1 Å². The molecule has 0 aromatic heterocycles. The van der Waals surface area contributed by atoms with Crippen molar-refractivity contribution in [1.82, 2.24) is 0 Å². The van der Waals surface area contributed by atoms with Crippen molar-refractivity contribution in [3.05, 3.63) is 158 Å². The van der Waals surface area contributed by atoms with E-state index in [1.165, 1.54) is 51.4 Å². The Hall–Kier alpha value is -5.32. The van der Waals surface area contributed by atoms with Crippen LogP contribution >= 0.6 is 15.6 Å². The number of phosphoric ester groups is 2. The standard InChI is InChI=1S/C87H144O17P2/c1-5-9-13-17-21-25-29-33-36-39-40-43-45-49-52-56-60-64-68-72-85(90)97-77-82(103-86(91)73-69-65-61-57-53-47-32-28-24-20-16-12-8-4)79-101-105(93,94)99-75-81(88)76-100-106(95,96)102-80-83(104-87(92)74-70-66-62-58-54-50-46-42-38-35-31-27-23-19-15-11-7-3)78-98-84(89)71-67-63-59-55-51-48-44-41-37-34-30-26-22-18-14-10-6-2/h9-11,13-15,21-23,25-27,33-38,40,43-44,48-49,52,55,59,81-83,88H,5-8,12,16-20,24,28-32,39,41-42,45-47,50-51,53-54,56-58,60-80H2,1-4H3,(H,93,94)(H,95,96)/b13-9-,14-10-,15-11-,25-21-,26-22-,27-23-,36-33-,37-34-,38-35-,43-40-,48-44-,52-49-,59-55-. The SMILES string of the molecule is CC/C=C\C/C=C\C/C=C\C/C=C\C/C=C\CCCCCC(=O)OCC(COP(=O)(O)OCC(O)COP(=O)(O)OCC(COC(=O)CCC/C=C\C/C=C\C/C=C\C/C=C\C/C=C\CC)OC(=O)CCCCCCCCC/C=C\C/C=C\C/C=C\CC)OC(=O)CCCCCCCCCCCCCCC. The number of carbonyl (C=O) groups is 4. The molecule has 0 bridgehead atoms. The van der Waals surface area contributed by atoms with E-state index in [9.17, 15) is 43.2 Å². The van der Waals surface area contributed by atoms with Gasteiger partial charge in [0.15, 0.2) is 12.2 Å². The van der Waals surface area contributed by atoms with Crippen molar-refractivity contribution in [3.8, 4) is 0 Å². The molecule has 5 unspecified atom stereocenters. The van der Waals surface area contributed by atoms with Crippen molar-refractivity contribution in [2.24, 2.45) is 0 Å². The third kappa shape index (κ3) is 76.9. The van der Waals surface area contributed by atoms with Crippen LogP contribution in [-0.4, -0.2) is 96.7 Å². The van der Waals surface area contributed by atoms with E-state index in [4.69, 9.17) is 37.0 Å². The Balaban J connectivity index is 5.44. The minimum absolute atomic E-state index is 0.0663. The van der Waals surface area contributed by atoms with Crippen LogP contribution in [0.1, 0.15) is 310 Å². The van der Waals surface area contributed by atoms with E-state index in [1.54, 1.807) is 0 Å². The number of hydrogen-bond acceptors (Lipinski definition) is 15. The molecule has 0 aromatic carbocycles. The van der Waals surface area contributed by atoms with Crippen molar-refractivity contribution in [3.63, 3.8) is 0 Å². The molecule has 19 heteroatoms. The molecule has 3 N–H and O–H groups in total. The third-order valence-electron chi connectivity index (χ3n) is 16.5. The molecule has 0 radical (unpaired) electrons. The first-order valence-electron chi connectivity index (χ1n) is 40.7. The maximum Gasteiger partial charge on any atom is 0.472 e. The number of hydrogen-bond donors (Lipinski definition) is 3. The molecule has 0 aliphatic carbocycles. The van der Waals surface area contributed by atoms with Crippen molar-refractivity contribution in [2.45, 2.75) is 329 Å². The molecule has 0 aliphatic heterocycles. The lowest BCUT2D eigenvalue weighted by molar-refractivity contribution is -0.161. The molecule has 0 aliphatic rings. The van der Waals surface area contributed by atoms with Gasteiger partial charge in [0.2, 0.25) is 0 Å². The molecule has 0 amide bonds. The fourth-order valence-electron chi connectivity index (χ4n) is 10.4. The van der Waals surface area contributed by atoms with E-state index in [1.807, 2.05) is 12.2 Å². The maximum atomic E-state index is 13.1. The third-order valence-corrected chi connectivity index (χ3v) is 18.4. The highest BCUT2D eigenvalue weighted by atomic mass is 31.2. The van der Waals surface area contributed by atoms with Crippen molar-refractivity contribution < 1.29 is 80.2 Å². The second kappa shape index (κ2) is 77.8. The van der Waals surface area contributed by atoms with Crippen molar-refractivity contribution >= 4 is 39.5 Å². The fraction of sp³-hybridized carbons (Fsp3) is 0.655. The van der Waals surface area contributed by atoms with E-state index in [2.05, 4.69) is 174 Å². The van der Waals surface area contributed by atoms with Gasteiger partial charge in [-0.15, -0.1) is 0 Å². The van der Waals surface area contributed by atoms with Gasteiger partial charge >= 0.3 is 39.5 Å². The Morgan fingerprint density at radius 1 is 0.274 bits per heavy atom. The Bertz CT molecular complexity index is 2630. The van der Waals surface area contributed by atoms with Crippen LogP contribution in [0.4, 0.5) is 0 Å². The molecule has 0 heterocycles. The average molecular weight is 1520 g/mol. The lowest BCUT2D eigenvalue weighted by atomic mass is 10.0. The van der Waals surface area contributed by atoms with E-state index < -0.39 is 97.5 Å². The predicted octanol–water partition coefficient (Wildman–Crippen LogP) is 24.0. The lowest BCUT2D eigenvalue weighted by Gasteiger charge is -2.21. The van der Waals surface area contributed by atoms with E-state index >= 15 is 0 Å². The summed E-state index contributed by atoms with van der Waals surface area (Å²) in [5.74, 6) is -2.29. The quantitative estimate of drug-likeness (QED) is 0.0169. The molecular formula is C87H144O17P2. The smallest absolute Gasteiger partial charge is 0.462 e. The largest absolute Gasteiger partial charge is 0.472 e. The Kier molecular flexibility index (Phi) is 73.9. The first-order valence-corrected chi connectivity index (χ1v) is 43.7. The zero-order valence-corrected chi connectivity index (χ0v) is 67.8. The number of unbranched alkanes of at least 4 members (excludes halogenated alkanes) is 23. The summed E-state index contributed by atoms with van der Waals surface area (Å²) in [5.41, 5.74) is 0. The number of esters is 4. The van der Waals surface area contributed by atoms with E-state index in [0.717, 1.165) is 173 Å². The summed E-state index contributed by atoms with van der Waals surface area (Å²) in [6.45, 7) is 4.43. The van der Waals surface area contributed by atoms with Crippen LogP contribution < -0.4 is 0 Å². The van der Waals surface area contributed by atoms with Crippen molar-refractivity contribution in [1.29, 1.82) is 0 Å². The number of allylic oxidation sites excluding steroid dienone is 26. The van der Waals surface area contributed by atoms with Gasteiger partial charge in [0.1, 0.15) is 19.3 Å². The highest BCUT2D eigenvalue weighted by Crippen LogP contribution is 2.45. The second-order valence-corrected chi connectivity index (χ2v) is 29.5. The molecule has 0 saturated heterocycles. The van der Waals surface area contributed by atoms with Gasteiger partial charge in [-0.1, -0.05) is 301 Å². The summed E-state index contributed by atoms with van der Waals surface area (Å²) < 4.78 is 68.6. The van der Waals surface area contributed by atoms with Gasteiger partial charge in [-0.05, 0) is 141 Å². The van der Waals surface area contributed by atoms with Crippen LogP contribution in [-0.2, 0) is 65.4 Å². The summed E-state index contributed by atoms with van der Waals surface area (Å²) in [4.78, 5) is 73.1. The molecule has 0 fully saturated rings. The Morgan fingerprint density at radius 2 is 0.500 bits per heavy atom. The van der Waals surface area contributed by atoms with E-state index in [-0.39, 0.29) is 25.7 Å². The zero-order chi connectivity index (χ0) is 77.4. The molecule has 0 aromatic rings. The van der Waals surface area contributed by atoms with Gasteiger partial charge in [-0.2, -0.15) is 0 Å². The Morgan fingerprint density at radius 3 is 0.802 bits per heavy atom. The number of ether oxygens (including phenoxy) is 4. The molecule has 17 nitrogen and oxygen atoms in total. The Labute approximate surface area is 642 Å².